The maximum Gasteiger partial charge on any atom is 0.326 e. The zero-order valence-electron chi connectivity index (χ0n) is 11.3. The van der Waals surface area contributed by atoms with Gasteiger partial charge < -0.3 is 20.0 Å². The lowest BCUT2D eigenvalue weighted by molar-refractivity contribution is -0.141. The molecule has 2 aliphatic rings. The molecule has 1 aliphatic carbocycles. The molecule has 0 aromatic carbocycles. The van der Waals surface area contributed by atoms with Gasteiger partial charge in [0.2, 0.25) is 0 Å². The topological polar surface area (TPSA) is 81.1 Å². The highest BCUT2D eigenvalue weighted by Gasteiger charge is 2.40. The van der Waals surface area contributed by atoms with E-state index in [1.165, 1.54) is 11.3 Å². The van der Waals surface area contributed by atoms with Crippen LogP contribution in [0.1, 0.15) is 32.6 Å². The van der Waals surface area contributed by atoms with Gasteiger partial charge in [-0.15, -0.1) is 0 Å². The Bertz CT molecular complexity index is 357. The summed E-state index contributed by atoms with van der Waals surface area (Å²) in [5.74, 6) is -0.482. The van der Waals surface area contributed by atoms with Gasteiger partial charge in [0.1, 0.15) is 6.04 Å². The lowest BCUT2D eigenvalue weighted by Gasteiger charge is -2.35. The molecule has 6 nitrogen and oxygen atoms in total. The van der Waals surface area contributed by atoms with Crippen LogP contribution in [0, 0.1) is 5.92 Å². The van der Waals surface area contributed by atoms with E-state index in [1.807, 2.05) is 6.92 Å². The molecule has 6 heteroatoms. The van der Waals surface area contributed by atoms with Crippen molar-refractivity contribution in [1.82, 2.24) is 9.80 Å². The number of nitrogens with zero attached hydrogens (tertiary/aromatic N) is 2. The molecule has 1 aliphatic heterocycles. The van der Waals surface area contributed by atoms with Crippen LogP contribution in [0.4, 0.5) is 4.79 Å². The molecule has 2 rings (SSSR count). The van der Waals surface area contributed by atoms with Crippen molar-refractivity contribution >= 4 is 12.0 Å². The largest absolute Gasteiger partial charge is 0.480 e. The third-order valence-corrected chi connectivity index (χ3v) is 4.17. The summed E-state index contributed by atoms with van der Waals surface area (Å²) in [6, 6.07) is -1.14. The smallest absolute Gasteiger partial charge is 0.326 e. The normalized spacial score (nSPS) is 27.2. The summed E-state index contributed by atoms with van der Waals surface area (Å²) in [6.45, 7) is 3.30. The number of hydrogen-bond acceptors (Lipinski definition) is 3. The minimum Gasteiger partial charge on any atom is -0.480 e. The Balaban J connectivity index is 2.00. The first kappa shape index (κ1) is 14.1. The van der Waals surface area contributed by atoms with Gasteiger partial charge in [-0.05, 0) is 25.7 Å². The predicted octanol–water partition coefficient (Wildman–Crippen LogP) is 0.748. The fraction of sp³-hybridized carbons (Fsp3) is 0.846. The molecule has 1 saturated carbocycles. The summed E-state index contributed by atoms with van der Waals surface area (Å²) >= 11 is 0. The van der Waals surface area contributed by atoms with E-state index in [1.54, 1.807) is 4.90 Å². The van der Waals surface area contributed by atoms with Crippen LogP contribution in [0.5, 0.6) is 0 Å². The number of aliphatic hydroxyl groups excluding tert-OH is 1. The van der Waals surface area contributed by atoms with E-state index in [2.05, 4.69) is 0 Å². The van der Waals surface area contributed by atoms with Gasteiger partial charge in [-0.1, -0.05) is 6.42 Å². The van der Waals surface area contributed by atoms with Crippen molar-refractivity contribution in [3.05, 3.63) is 0 Å². The second-order valence-electron chi connectivity index (χ2n) is 5.51. The van der Waals surface area contributed by atoms with Crippen molar-refractivity contribution < 1.29 is 19.8 Å². The lowest BCUT2D eigenvalue weighted by atomic mass is 9.85. The molecule has 0 aromatic rings. The van der Waals surface area contributed by atoms with Gasteiger partial charge in [-0.25, -0.2) is 9.59 Å². The van der Waals surface area contributed by atoms with E-state index < -0.39 is 18.1 Å². The van der Waals surface area contributed by atoms with Crippen LogP contribution in [0.2, 0.25) is 0 Å². The standard InChI is InChI=1S/C13H22N2O4/c1-2-14(7-9-4-3-5-9)13(19)15-8-10(16)6-11(15)12(17)18/h9-11,16H,2-8H2,1H3,(H,17,18)/t10?,11-/m0/s1. The maximum absolute atomic E-state index is 12.4. The Morgan fingerprint density at radius 2 is 2.05 bits per heavy atom. The van der Waals surface area contributed by atoms with E-state index in [4.69, 9.17) is 5.11 Å². The number of rotatable bonds is 4. The number of amides is 2. The molecule has 0 radical (unpaired) electrons. The van der Waals surface area contributed by atoms with E-state index in [0.29, 0.717) is 19.0 Å². The monoisotopic (exact) mass is 270 g/mol. The van der Waals surface area contributed by atoms with Crippen molar-refractivity contribution in [3.63, 3.8) is 0 Å². The van der Waals surface area contributed by atoms with Gasteiger partial charge in [0, 0.05) is 26.1 Å². The highest BCUT2D eigenvalue weighted by atomic mass is 16.4. The lowest BCUT2D eigenvalue weighted by Crippen LogP contribution is -2.49. The number of urea groups is 1. The first-order valence-corrected chi connectivity index (χ1v) is 6.99. The molecule has 1 heterocycles. The Morgan fingerprint density at radius 1 is 1.37 bits per heavy atom. The molecular weight excluding hydrogens is 248 g/mol. The number of carboxylic acids is 1. The third kappa shape index (κ3) is 3.00. The number of hydrogen-bond donors (Lipinski definition) is 2. The molecule has 19 heavy (non-hydrogen) atoms. The predicted molar refractivity (Wildman–Crippen MR) is 68.7 cm³/mol. The summed E-state index contributed by atoms with van der Waals surface area (Å²) in [5.41, 5.74) is 0. The van der Waals surface area contributed by atoms with Crippen molar-refractivity contribution in [2.75, 3.05) is 19.6 Å². The molecule has 2 fully saturated rings. The second-order valence-corrected chi connectivity index (χ2v) is 5.51. The summed E-state index contributed by atoms with van der Waals surface area (Å²) in [4.78, 5) is 26.5. The SMILES string of the molecule is CCN(CC1CCC1)C(=O)N1CC(O)C[C@H]1C(=O)O. The van der Waals surface area contributed by atoms with Crippen LogP contribution in [0.25, 0.3) is 0 Å². The molecular formula is C13H22N2O4. The second kappa shape index (κ2) is 5.77. The molecule has 1 unspecified atom stereocenters. The minimum atomic E-state index is -1.04. The molecule has 0 spiro atoms. The number of carbonyl (C=O) groups excluding carboxylic acids is 1. The van der Waals surface area contributed by atoms with Crippen LogP contribution >= 0.6 is 0 Å². The first-order chi connectivity index (χ1) is 9.02. The number of carbonyl (C=O) groups is 2. The van der Waals surface area contributed by atoms with Crippen LogP contribution < -0.4 is 0 Å². The van der Waals surface area contributed by atoms with Gasteiger partial charge in [-0.3, -0.25) is 0 Å². The molecule has 1 saturated heterocycles. The summed E-state index contributed by atoms with van der Waals surface area (Å²) < 4.78 is 0. The Kier molecular flexibility index (Phi) is 4.29. The van der Waals surface area contributed by atoms with Gasteiger partial charge in [0.15, 0.2) is 0 Å². The summed E-state index contributed by atoms with van der Waals surface area (Å²) in [6.07, 6.45) is 2.91. The van der Waals surface area contributed by atoms with Gasteiger partial charge >= 0.3 is 12.0 Å². The van der Waals surface area contributed by atoms with E-state index in [-0.39, 0.29) is 19.0 Å². The van der Waals surface area contributed by atoms with E-state index in [9.17, 15) is 14.7 Å². The van der Waals surface area contributed by atoms with Crippen LogP contribution in [0.3, 0.4) is 0 Å². The van der Waals surface area contributed by atoms with Crippen LogP contribution in [-0.4, -0.2) is 63.8 Å². The summed E-state index contributed by atoms with van der Waals surface area (Å²) in [5, 5.41) is 18.7. The van der Waals surface area contributed by atoms with Gasteiger partial charge in [0.05, 0.1) is 6.10 Å². The Hall–Kier alpha value is -1.30. The van der Waals surface area contributed by atoms with Crippen molar-refractivity contribution in [2.24, 2.45) is 5.92 Å². The van der Waals surface area contributed by atoms with Crippen molar-refractivity contribution in [3.8, 4) is 0 Å². The number of β-amino-alcohol motifs (C(OH)–C–C–N with tert-alkyl or cyclic N) is 1. The summed E-state index contributed by atoms with van der Waals surface area (Å²) in [7, 11) is 0. The Labute approximate surface area is 113 Å². The third-order valence-electron chi connectivity index (χ3n) is 4.17. The fourth-order valence-electron chi connectivity index (χ4n) is 2.77. The maximum atomic E-state index is 12.4. The molecule has 0 aromatic heterocycles. The number of aliphatic hydroxyl groups is 1. The average molecular weight is 270 g/mol. The average Bonchev–Trinajstić information content (AvgIpc) is 2.69. The van der Waals surface area contributed by atoms with Crippen LogP contribution in [0.15, 0.2) is 0 Å². The fourth-order valence-corrected chi connectivity index (χ4v) is 2.77. The van der Waals surface area contributed by atoms with Crippen molar-refractivity contribution in [1.29, 1.82) is 0 Å². The number of aliphatic carboxylic acids is 1. The van der Waals surface area contributed by atoms with Gasteiger partial charge in [0.25, 0.3) is 0 Å². The highest BCUT2D eigenvalue weighted by Crippen LogP contribution is 2.28. The van der Waals surface area contributed by atoms with E-state index in [0.717, 1.165) is 12.8 Å². The highest BCUT2D eigenvalue weighted by molar-refractivity contribution is 5.83. The quantitative estimate of drug-likeness (QED) is 0.790. The molecule has 108 valence electrons. The van der Waals surface area contributed by atoms with Crippen molar-refractivity contribution in [2.45, 2.75) is 44.8 Å². The molecule has 2 atom stereocenters. The van der Waals surface area contributed by atoms with E-state index >= 15 is 0 Å². The molecule has 2 N–H and O–H groups in total. The van der Waals surface area contributed by atoms with Gasteiger partial charge in [-0.2, -0.15) is 0 Å². The Morgan fingerprint density at radius 3 is 2.53 bits per heavy atom. The number of likely N-dealkylation sites (tertiary alicyclic amines) is 1. The zero-order valence-corrected chi connectivity index (χ0v) is 11.3. The molecule has 2 amide bonds. The van der Waals surface area contributed by atoms with Crippen LogP contribution in [-0.2, 0) is 4.79 Å². The minimum absolute atomic E-state index is 0.122. The molecule has 0 bridgehead atoms. The zero-order chi connectivity index (χ0) is 14.0. The number of carboxylic acid groups (broad SMARTS) is 1. The first-order valence-electron chi connectivity index (χ1n) is 6.99.